The first-order valence-electron chi connectivity index (χ1n) is 6.82. The van der Waals surface area contributed by atoms with Crippen molar-refractivity contribution in [2.75, 3.05) is 19.4 Å². The van der Waals surface area contributed by atoms with Crippen molar-refractivity contribution in [3.63, 3.8) is 0 Å². The van der Waals surface area contributed by atoms with Gasteiger partial charge >= 0.3 is 0 Å². The first-order chi connectivity index (χ1) is 10.1. The molecular weight excluding hydrogens is 267 g/mol. The summed E-state index contributed by atoms with van der Waals surface area (Å²) in [4.78, 5) is 13.2. The number of benzene rings is 2. The molecule has 4 heteroatoms. The minimum Gasteiger partial charge on any atom is -0.381 e. The predicted octanol–water partition coefficient (Wildman–Crippen LogP) is 3.07. The molecule has 110 valence electrons. The summed E-state index contributed by atoms with van der Waals surface area (Å²) < 4.78 is 13.5. The van der Waals surface area contributed by atoms with Gasteiger partial charge in [-0.1, -0.05) is 30.3 Å². The first kappa shape index (κ1) is 15.0. The van der Waals surface area contributed by atoms with E-state index in [0.717, 1.165) is 11.3 Å². The van der Waals surface area contributed by atoms with Crippen molar-refractivity contribution in [1.29, 1.82) is 0 Å². The van der Waals surface area contributed by atoms with Gasteiger partial charge in [-0.3, -0.25) is 4.79 Å². The molecule has 0 unspecified atom stereocenters. The zero-order valence-electron chi connectivity index (χ0n) is 12.3. The smallest absolute Gasteiger partial charge is 0.226 e. The molecule has 0 spiro atoms. The lowest BCUT2D eigenvalue weighted by molar-refractivity contribution is -0.127. The van der Waals surface area contributed by atoms with Gasteiger partial charge in [-0.25, -0.2) is 4.39 Å². The number of carbonyl (C=O) groups excluding carboxylic acids is 1. The van der Waals surface area contributed by atoms with Crippen LogP contribution in [0.25, 0.3) is 0 Å². The number of rotatable bonds is 5. The van der Waals surface area contributed by atoms with E-state index in [0.29, 0.717) is 18.5 Å². The van der Waals surface area contributed by atoms with Crippen LogP contribution >= 0.6 is 0 Å². The highest BCUT2D eigenvalue weighted by atomic mass is 19.1. The molecule has 0 saturated heterocycles. The molecule has 0 aliphatic carbocycles. The van der Waals surface area contributed by atoms with Gasteiger partial charge in [0, 0.05) is 31.9 Å². The van der Waals surface area contributed by atoms with Gasteiger partial charge < -0.3 is 10.2 Å². The van der Waals surface area contributed by atoms with Crippen molar-refractivity contribution in [2.24, 2.45) is 0 Å². The normalized spacial score (nSPS) is 10.2. The number of amides is 1. The maximum absolute atomic E-state index is 13.5. The molecule has 0 heterocycles. The zero-order valence-corrected chi connectivity index (χ0v) is 12.3. The van der Waals surface area contributed by atoms with Gasteiger partial charge in [-0.2, -0.15) is 0 Å². The number of hydrogen-bond acceptors (Lipinski definition) is 2. The third-order valence-electron chi connectivity index (χ3n) is 3.25. The Hall–Kier alpha value is -2.36. The SMILES string of the molecule is CN(C)C(=O)Cc1ccc(NCc2ccccc2F)cc1. The predicted molar refractivity (Wildman–Crippen MR) is 82.6 cm³/mol. The average Bonchev–Trinajstić information content (AvgIpc) is 2.48. The molecule has 0 fully saturated rings. The van der Waals surface area contributed by atoms with Gasteiger partial charge in [0.25, 0.3) is 0 Å². The number of likely N-dealkylation sites (N-methyl/N-ethyl adjacent to an activating group) is 1. The minimum absolute atomic E-state index is 0.0714. The topological polar surface area (TPSA) is 32.3 Å². The van der Waals surface area contributed by atoms with Crippen LogP contribution in [0, 0.1) is 5.82 Å². The monoisotopic (exact) mass is 286 g/mol. The Labute approximate surface area is 124 Å². The fourth-order valence-electron chi connectivity index (χ4n) is 1.91. The summed E-state index contributed by atoms with van der Waals surface area (Å²) in [5.41, 5.74) is 2.49. The second kappa shape index (κ2) is 6.88. The molecule has 2 aromatic rings. The molecule has 2 aromatic carbocycles. The Morgan fingerprint density at radius 2 is 1.76 bits per heavy atom. The second-order valence-electron chi connectivity index (χ2n) is 5.11. The van der Waals surface area contributed by atoms with E-state index in [1.807, 2.05) is 30.3 Å². The van der Waals surface area contributed by atoms with Crippen LogP contribution in [0.4, 0.5) is 10.1 Å². The van der Waals surface area contributed by atoms with Crippen molar-refractivity contribution < 1.29 is 9.18 Å². The molecule has 1 N–H and O–H groups in total. The number of nitrogens with zero attached hydrogens (tertiary/aromatic N) is 1. The van der Waals surface area contributed by atoms with E-state index in [1.165, 1.54) is 6.07 Å². The lowest BCUT2D eigenvalue weighted by Crippen LogP contribution is -2.23. The Bertz CT molecular complexity index is 608. The summed E-state index contributed by atoms with van der Waals surface area (Å²) in [5, 5.41) is 3.17. The Morgan fingerprint density at radius 3 is 2.38 bits per heavy atom. The summed E-state index contributed by atoms with van der Waals surface area (Å²) in [6, 6.07) is 14.3. The molecule has 1 amide bonds. The van der Waals surface area contributed by atoms with E-state index < -0.39 is 0 Å². The van der Waals surface area contributed by atoms with Crippen LogP contribution in [0.3, 0.4) is 0 Å². The highest BCUT2D eigenvalue weighted by Gasteiger charge is 2.05. The molecule has 0 aliphatic rings. The second-order valence-corrected chi connectivity index (χ2v) is 5.11. The van der Waals surface area contributed by atoms with E-state index in [1.54, 1.807) is 31.1 Å². The molecular formula is C17H19FN2O. The molecule has 0 aromatic heterocycles. The Kier molecular flexibility index (Phi) is 4.93. The zero-order chi connectivity index (χ0) is 15.2. The number of carbonyl (C=O) groups is 1. The van der Waals surface area contributed by atoms with Crippen molar-refractivity contribution in [3.8, 4) is 0 Å². The molecule has 3 nitrogen and oxygen atoms in total. The van der Waals surface area contributed by atoms with Gasteiger partial charge in [0.1, 0.15) is 5.82 Å². The van der Waals surface area contributed by atoms with Crippen LogP contribution in [0.1, 0.15) is 11.1 Å². The van der Waals surface area contributed by atoms with Gasteiger partial charge in [0.2, 0.25) is 5.91 Å². The maximum Gasteiger partial charge on any atom is 0.226 e. The van der Waals surface area contributed by atoms with Gasteiger partial charge in [-0.15, -0.1) is 0 Å². The number of halogens is 1. The van der Waals surface area contributed by atoms with E-state index in [-0.39, 0.29) is 11.7 Å². The van der Waals surface area contributed by atoms with Gasteiger partial charge in [-0.05, 0) is 23.8 Å². The summed E-state index contributed by atoms with van der Waals surface area (Å²) in [6.45, 7) is 0.433. The largest absolute Gasteiger partial charge is 0.381 e. The molecule has 0 radical (unpaired) electrons. The van der Waals surface area contributed by atoms with Crippen LogP contribution in [-0.4, -0.2) is 24.9 Å². The minimum atomic E-state index is -0.210. The molecule has 0 bridgehead atoms. The van der Waals surface area contributed by atoms with Crippen LogP contribution in [0.2, 0.25) is 0 Å². The lowest BCUT2D eigenvalue weighted by Gasteiger charge is -2.11. The summed E-state index contributed by atoms with van der Waals surface area (Å²) in [6.07, 6.45) is 0.389. The third kappa shape index (κ3) is 4.31. The Morgan fingerprint density at radius 1 is 1.10 bits per heavy atom. The van der Waals surface area contributed by atoms with Crippen LogP contribution in [-0.2, 0) is 17.8 Å². The Balaban J connectivity index is 1.94. The molecule has 0 atom stereocenters. The standard InChI is InChI=1S/C17H19FN2O/c1-20(2)17(21)11-13-7-9-15(10-8-13)19-12-14-5-3-4-6-16(14)18/h3-10,19H,11-12H2,1-2H3. The summed E-state index contributed by atoms with van der Waals surface area (Å²) in [7, 11) is 3.49. The highest BCUT2D eigenvalue weighted by molar-refractivity contribution is 5.78. The number of anilines is 1. The van der Waals surface area contributed by atoms with Crippen molar-refractivity contribution in [3.05, 3.63) is 65.5 Å². The fourth-order valence-corrected chi connectivity index (χ4v) is 1.91. The summed E-state index contributed by atoms with van der Waals surface area (Å²) in [5.74, 6) is -0.139. The molecule has 0 aliphatic heterocycles. The quantitative estimate of drug-likeness (QED) is 0.916. The average molecular weight is 286 g/mol. The number of hydrogen-bond donors (Lipinski definition) is 1. The van der Waals surface area contributed by atoms with Crippen molar-refractivity contribution in [2.45, 2.75) is 13.0 Å². The van der Waals surface area contributed by atoms with Crippen LogP contribution in [0.5, 0.6) is 0 Å². The van der Waals surface area contributed by atoms with Gasteiger partial charge in [0.05, 0.1) is 6.42 Å². The number of nitrogens with one attached hydrogen (secondary N) is 1. The molecule has 21 heavy (non-hydrogen) atoms. The molecule has 0 saturated carbocycles. The fraction of sp³-hybridized carbons (Fsp3) is 0.235. The van der Waals surface area contributed by atoms with Crippen LogP contribution in [0.15, 0.2) is 48.5 Å². The third-order valence-corrected chi connectivity index (χ3v) is 3.25. The highest BCUT2D eigenvalue weighted by Crippen LogP contribution is 2.13. The van der Waals surface area contributed by atoms with Crippen molar-refractivity contribution in [1.82, 2.24) is 4.90 Å². The van der Waals surface area contributed by atoms with Crippen LogP contribution < -0.4 is 5.32 Å². The maximum atomic E-state index is 13.5. The van der Waals surface area contributed by atoms with Crippen molar-refractivity contribution >= 4 is 11.6 Å². The summed E-state index contributed by atoms with van der Waals surface area (Å²) >= 11 is 0. The first-order valence-corrected chi connectivity index (χ1v) is 6.82. The van der Waals surface area contributed by atoms with Gasteiger partial charge in [0.15, 0.2) is 0 Å². The molecule has 2 rings (SSSR count). The van der Waals surface area contributed by atoms with E-state index in [2.05, 4.69) is 5.32 Å². The van der Waals surface area contributed by atoms with E-state index in [9.17, 15) is 9.18 Å². The van der Waals surface area contributed by atoms with E-state index in [4.69, 9.17) is 0 Å². The van der Waals surface area contributed by atoms with E-state index >= 15 is 0 Å². The lowest BCUT2D eigenvalue weighted by atomic mass is 10.1.